The summed E-state index contributed by atoms with van der Waals surface area (Å²) in [6.07, 6.45) is 0.560. The van der Waals surface area contributed by atoms with Crippen LogP contribution in [0.3, 0.4) is 0 Å². The number of hydrogen-bond donors (Lipinski definition) is 1. The van der Waals surface area contributed by atoms with Crippen molar-refractivity contribution in [3.05, 3.63) is 33.2 Å². The van der Waals surface area contributed by atoms with Gasteiger partial charge in [-0.15, -0.1) is 0 Å². The highest BCUT2D eigenvalue weighted by Gasteiger charge is 2.26. The first kappa shape index (κ1) is 12.3. The molecule has 0 atom stereocenters. The number of nitrogens with zero attached hydrogens (tertiary/aromatic N) is 2. The topological polar surface area (TPSA) is 71.4 Å². The molecule has 6 nitrogen and oxygen atoms in total. The van der Waals surface area contributed by atoms with E-state index in [1.54, 1.807) is 21.1 Å². The van der Waals surface area contributed by atoms with Gasteiger partial charge in [0.1, 0.15) is 5.69 Å². The highest BCUT2D eigenvalue weighted by molar-refractivity contribution is 6.01. The minimum Gasteiger partial charge on any atom is -0.352 e. The van der Waals surface area contributed by atoms with Crippen molar-refractivity contribution >= 4 is 11.8 Å². The molecule has 0 fully saturated rings. The van der Waals surface area contributed by atoms with Crippen LogP contribution >= 0.6 is 0 Å². The molecule has 1 aromatic heterocycles. The average Bonchev–Trinajstić information content (AvgIpc) is 2.31. The number of aromatic nitrogens is 1. The van der Waals surface area contributed by atoms with Crippen LogP contribution in [0, 0.1) is 0 Å². The lowest BCUT2D eigenvalue weighted by Crippen LogP contribution is -2.39. The lowest BCUT2D eigenvalue weighted by Gasteiger charge is -2.22. The van der Waals surface area contributed by atoms with Crippen LogP contribution in [0.5, 0.6) is 0 Å². The third kappa shape index (κ3) is 1.79. The number of nitrogens with one attached hydrogen (secondary N) is 1. The van der Waals surface area contributed by atoms with Gasteiger partial charge in [0, 0.05) is 33.8 Å². The van der Waals surface area contributed by atoms with Crippen molar-refractivity contribution in [2.24, 2.45) is 7.05 Å². The Morgan fingerprint density at radius 1 is 1.39 bits per heavy atom. The Labute approximate surface area is 104 Å². The minimum atomic E-state index is -0.351. The van der Waals surface area contributed by atoms with Crippen LogP contribution in [0.4, 0.5) is 0 Å². The second kappa shape index (κ2) is 4.29. The van der Waals surface area contributed by atoms with Crippen molar-refractivity contribution in [3.63, 3.8) is 0 Å². The third-order valence-electron chi connectivity index (χ3n) is 3.06. The third-order valence-corrected chi connectivity index (χ3v) is 3.06. The molecule has 1 aromatic rings. The van der Waals surface area contributed by atoms with Gasteiger partial charge in [-0.05, 0) is 12.0 Å². The Morgan fingerprint density at radius 2 is 2.06 bits per heavy atom. The van der Waals surface area contributed by atoms with Gasteiger partial charge < -0.3 is 14.8 Å². The van der Waals surface area contributed by atoms with E-state index in [0.717, 1.165) is 0 Å². The van der Waals surface area contributed by atoms with Crippen molar-refractivity contribution in [2.75, 3.05) is 20.6 Å². The Hall–Kier alpha value is -2.11. The summed E-state index contributed by atoms with van der Waals surface area (Å²) in [5, 5.41) is 2.67. The summed E-state index contributed by atoms with van der Waals surface area (Å²) in [4.78, 5) is 37.0. The summed E-state index contributed by atoms with van der Waals surface area (Å²) < 4.78 is 1.31. The molecule has 0 unspecified atom stereocenters. The minimum absolute atomic E-state index is 0.263. The zero-order valence-corrected chi connectivity index (χ0v) is 10.6. The Morgan fingerprint density at radius 3 is 2.67 bits per heavy atom. The zero-order chi connectivity index (χ0) is 13.4. The van der Waals surface area contributed by atoms with Crippen LogP contribution in [-0.2, 0) is 13.5 Å². The monoisotopic (exact) mass is 249 g/mol. The van der Waals surface area contributed by atoms with E-state index in [4.69, 9.17) is 0 Å². The predicted molar refractivity (Wildman–Crippen MR) is 65.7 cm³/mol. The largest absolute Gasteiger partial charge is 0.352 e. The standard InChI is InChI=1S/C12H15N3O3/c1-14(2)12(18)10-7-4-5-13-11(17)8(7)6-9(16)15(10)3/h6H,4-5H2,1-3H3,(H,13,17). The van der Waals surface area contributed by atoms with Crippen LogP contribution in [0.2, 0.25) is 0 Å². The molecule has 0 aromatic carbocycles. The van der Waals surface area contributed by atoms with E-state index in [0.29, 0.717) is 29.8 Å². The molecule has 0 spiro atoms. The lowest BCUT2D eigenvalue weighted by molar-refractivity contribution is 0.0815. The van der Waals surface area contributed by atoms with Gasteiger partial charge in [0.2, 0.25) is 0 Å². The van der Waals surface area contributed by atoms with Crippen molar-refractivity contribution in [1.82, 2.24) is 14.8 Å². The van der Waals surface area contributed by atoms with Crippen LogP contribution in [0.15, 0.2) is 10.9 Å². The number of fused-ring (bicyclic) bond motifs is 1. The number of carbonyl (C=O) groups is 2. The van der Waals surface area contributed by atoms with Gasteiger partial charge in [-0.1, -0.05) is 0 Å². The Kier molecular flexibility index (Phi) is 2.94. The summed E-state index contributed by atoms with van der Waals surface area (Å²) in [7, 11) is 4.79. The highest BCUT2D eigenvalue weighted by atomic mass is 16.2. The van der Waals surface area contributed by atoms with E-state index >= 15 is 0 Å². The first-order chi connectivity index (χ1) is 8.43. The average molecular weight is 249 g/mol. The SMILES string of the molecule is CN(C)C(=O)c1c2c(cc(=O)n1C)C(=O)NCC2. The molecule has 0 radical (unpaired) electrons. The van der Waals surface area contributed by atoms with Gasteiger partial charge in [-0.2, -0.15) is 0 Å². The van der Waals surface area contributed by atoms with Crippen molar-refractivity contribution in [3.8, 4) is 0 Å². The maximum atomic E-state index is 12.1. The highest BCUT2D eigenvalue weighted by Crippen LogP contribution is 2.17. The first-order valence-electron chi connectivity index (χ1n) is 5.66. The van der Waals surface area contributed by atoms with E-state index < -0.39 is 0 Å². The number of hydrogen-bond acceptors (Lipinski definition) is 3. The van der Waals surface area contributed by atoms with Crippen molar-refractivity contribution < 1.29 is 9.59 Å². The van der Waals surface area contributed by atoms with E-state index in [1.807, 2.05) is 0 Å². The Balaban J connectivity index is 2.75. The molecule has 0 bridgehead atoms. The molecule has 0 saturated carbocycles. The number of pyridine rings is 1. The van der Waals surface area contributed by atoms with E-state index in [2.05, 4.69) is 5.32 Å². The molecule has 18 heavy (non-hydrogen) atoms. The number of amides is 2. The second-order valence-corrected chi connectivity index (χ2v) is 4.49. The molecule has 1 N–H and O–H groups in total. The van der Waals surface area contributed by atoms with Gasteiger partial charge in [-0.3, -0.25) is 14.4 Å². The van der Waals surface area contributed by atoms with E-state index in [1.165, 1.54) is 15.5 Å². The van der Waals surface area contributed by atoms with Crippen LogP contribution in [0.25, 0.3) is 0 Å². The van der Waals surface area contributed by atoms with Crippen molar-refractivity contribution in [1.29, 1.82) is 0 Å². The van der Waals surface area contributed by atoms with Crippen LogP contribution in [0.1, 0.15) is 26.4 Å². The number of carbonyl (C=O) groups excluding carboxylic acids is 2. The Bertz CT molecular complexity index is 587. The predicted octanol–water partition coefficient (Wildman–Crippen LogP) is -0.627. The van der Waals surface area contributed by atoms with E-state index in [9.17, 15) is 14.4 Å². The second-order valence-electron chi connectivity index (χ2n) is 4.49. The van der Waals surface area contributed by atoms with Gasteiger partial charge >= 0.3 is 0 Å². The fraction of sp³-hybridized carbons (Fsp3) is 0.417. The molecular formula is C12H15N3O3. The summed E-state index contributed by atoms with van der Waals surface area (Å²) in [5.74, 6) is -0.553. The molecule has 1 aliphatic heterocycles. The van der Waals surface area contributed by atoms with Crippen molar-refractivity contribution in [2.45, 2.75) is 6.42 Å². The summed E-state index contributed by atoms with van der Waals surface area (Å²) >= 11 is 0. The lowest BCUT2D eigenvalue weighted by atomic mass is 9.98. The molecule has 2 rings (SSSR count). The first-order valence-corrected chi connectivity index (χ1v) is 5.66. The molecule has 6 heteroatoms. The quantitative estimate of drug-likeness (QED) is 0.720. The smallest absolute Gasteiger partial charge is 0.270 e. The summed E-state index contributed by atoms with van der Waals surface area (Å²) in [6, 6.07) is 1.29. The van der Waals surface area contributed by atoms with Gasteiger partial charge in [0.25, 0.3) is 17.4 Å². The van der Waals surface area contributed by atoms with Gasteiger partial charge in [-0.25, -0.2) is 0 Å². The molecule has 2 amide bonds. The van der Waals surface area contributed by atoms with Crippen LogP contribution in [-0.4, -0.2) is 41.9 Å². The van der Waals surface area contributed by atoms with Crippen LogP contribution < -0.4 is 10.9 Å². The maximum absolute atomic E-state index is 12.1. The molecule has 1 aliphatic rings. The van der Waals surface area contributed by atoms with E-state index in [-0.39, 0.29) is 17.4 Å². The molecular weight excluding hydrogens is 234 g/mol. The summed E-state index contributed by atoms with van der Waals surface area (Å²) in [6.45, 7) is 0.484. The van der Waals surface area contributed by atoms with Gasteiger partial charge in [0.05, 0.1) is 5.56 Å². The normalized spacial score (nSPS) is 13.8. The molecule has 0 aliphatic carbocycles. The number of rotatable bonds is 1. The molecule has 2 heterocycles. The fourth-order valence-electron chi connectivity index (χ4n) is 2.08. The molecule has 96 valence electrons. The molecule has 0 saturated heterocycles. The van der Waals surface area contributed by atoms with Gasteiger partial charge in [0.15, 0.2) is 0 Å². The summed E-state index contributed by atoms with van der Waals surface area (Å²) in [5.41, 5.74) is 0.919. The zero-order valence-electron chi connectivity index (χ0n) is 10.6. The maximum Gasteiger partial charge on any atom is 0.270 e. The fourth-order valence-corrected chi connectivity index (χ4v) is 2.08.